The molecule has 0 aliphatic rings. The summed E-state index contributed by atoms with van der Waals surface area (Å²) >= 11 is 0. The third-order valence-corrected chi connectivity index (χ3v) is 2.96. The lowest BCUT2D eigenvalue weighted by molar-refractivity contribution is -0.119. The number of nitrogens with two attached hydrogens (primary N) is 1. The second-order valence-electron chi connectivity index (χ2n) is 5.03. The van der Waals surface area contributed by atoms with E-state index in [1.165, 1.54) is 0 Å². The first-order valence-electron chi connectivity index (χ1n) is 6.21. The molecule has 4 heteroatoms. The van der Waals surface area contributed by atoms with Crippen LogP contribution >= 0.6 is 0 Å². The number of nitrogens with zero attached hydrogens (tertiary/aromatic N) is 1. The SMILES string of the molecule is CC(N)C(C)C(=O)Nc1ccccc1CN(C)C. The molecule has 2 atom stereocenters. The van der Waals surface area contributed by atoms with Crippen molar-refractivity contribution < 1.29 is 4.79 Å². The van der Waals surface area contributed by atoms with Crippen LogP contribution in [-0.4, -0.2) is 30.9 Å². The zero-order chi connectivity index (χ0) is 13.7. The first kappa shape index (κ1) is 14.7. The van der Waals surface area contributed by atoms with Gasteiger partial charge in [-0.25, -0.2) is 0 Å². The topological polar surface area (TPSA) is 58.4 Å². The highest BCUT2D eigenvalue weighted by Gasteiger charge is 2.17. The molecule has 18 heavy (non-hydrogen) atoms. The molecule has 0 heterocycles. The number of hydrogen-bond acceptors (Lipinski definition) is 3. The molecule has 0 aliphatic carbocycles. The van der Waals surface area contributed by atoms with Gasteiger partial charge in [0.2, 0.25) is 5.91 Å². The molecule has 1 amide bonds. The normalized spacial score (nSPS) is 14.3. The summed E-state index contributed by atoms with van der Waals surface area (Å²) in [6.07, 6.45) is 0. The van der Waals surface area contributed by atoms with E-state index in [4.69, 9.17) is 5.73 Å². The summed E-state index contributed by atoms with van der Waals surface area (Å²) < 4.78 is 0. The molecule has 0 spiro atoms. The van der Waals surface area contributed by atoms with Crippen LogP contribution in [0.25, 0.3) is 0 Å². The Morgan fingerprint density at radius 2 is 1.94 bits per heavy atom. The average Bonchev–Trinajstić information content (AvgIpc) is 2.29. The van der Waals surface area contributed by atoms with E-state index < -0.39 is 0 Å². The molecule has 4 nitrogen and oxygen atoms in total. The van der Waals surface area contributed by atoms with Crippen LogP contribution in [0.1, 0.15) is 19.4 Å². The van der Waals surface area contributed by atoms with Gasteiger partial charge in [-0.1, -0.05) is 25.1 Å². The Labute approximate surface area is 109 Å². The minimum atomic E-state index is -0.197. The van der Waals surface area contributed by atoms with Gasteiger partial charge in [0.15, 0.2) is 0 Å². The second-order valence-corrected chi connectivity index (χ2v) is 5.03. The molecule has 0 fully saturated rings. The van der Waals surface area contributed by atoms with Crippen molar-refractivity contribution in [3.05, 3.63) is 29.8 Å². The van der Waals surface area contributed by atoms with E-state index in [0.717, 1.165) is 17.8 Å². The quantitative estimate of drug-likeness (QED) is 0.834. The van der Waals surface area contributed by atoms with E-state index in [-0.39, 0.29) is 17.9 Å². The molecule has 0 saturated carbocycles. The maximum atomic E-state index is 12.0. The maximum absolute atomic E-state index is 12.0. The minimum Gasteiger partial charge on any atom is -0.327 e. The number of anilines is 1. The van der Waals surface area contributed by atoms with E-state index in [1.807, 2.05) is 52.2 Å². The van der Waals surface area contributed by atoms with E-state index >= 15 is 0 Å². The van der Waals surface area contributed by atoms with Crippen molar-refractivity contribution in [2.45, 2.75) is 26.4 Å². The van der Waals surface area contributed by atoms with Gasteiger partial charge in [0, 0.05) is 18.3 Å². The van der Waals surface area contributed by atoms with Crippen molar-refractivity contribution in [3.8, 4) is 0 Å². The van der Waals surface area contributed by atoms with Gasteiger partial charge in [0.25, 0.3) is 0 Å². The van der Waals surface area contributed by atoms with Crippen LogP contribution in [-0.2, 0) is 11.3 Å². The largest absolute Gasteiger partial charge is 0.327 e. The van der Waals surface area contributed by atoms with Crippen molar-refractivity contribution in [2.75, 3.05) is 19.4 Å². The summed E-state index contributed by atoms with van der Waals surface area (Å²) in [5, 5.41) is 2.95. The number of benzene rings is 1. The molecule has 3 N–H and O–H groups in total. The average molecular weight is 249 g/mol. The van der Waals surface area contributed by atoms with Crippen molar-refractivity contribution in [1.82, 2.24) is 4.90 Å². The fourth-order valence-corrected chi connectivity index (χ4v) is 1.61. The summed E-state index contributed by atoms with van der Waals surface area (Å²) in [5.41, 5.74) is 7.71. The Hall–Kier alpha value is -1.39. The molecule has 0 aliphatic heterocycles. The first-order valence-corrected chi connectivity index (χ1v) is 6.21. The molecule has 1 aromatic rings. The number of para-hydroxylation sites is 1. The van der Waals surface area contributed by atoms with Gasteiger partial charge in [-0.2, -0.15) is 0 Å². The summed E-state index contributed by atoms with van der Waals surface area (Å²) in [4.78, 5) is 14.1. The molecule has 0 bridgehead atoms. The highest BCUT2D eigenvalue weighted by atomic mass is 16.1. The van der Waals surface area contributed by atoms with Crippen LogP contribution in [0.5, 0.6) is 0 Å². The molecular weight excluding hydrogens is 226 g/mol. The van der Waals surface area contributed by atoms with Crippen LogP contribution in [0.15, 0.2) is 24.3 Å². The summed E-state index contributed by atoms with van der Waals surface area (Å²) in [6.45, 7) is 4.48. The zero-order valence-corrected chi connectivity index (χ0v) is 11.6. The van der Waals surface area contributed by atoms with Crippen molar-refractivity contribution >= 4 is 11.6 Å². The fraction of sp³-hybridized carbons (Fsp3) is 0.500. The Balaban J connectivity index is 2.81. The molecule has 1 rings (SSSR count). The third-order valence-electron chi connectivity index (χ3n) is 2.96. The molecule has 1 aromatic carbocycles. The lowest BCUT2D eigenvalue weighted by Gasteiger charge is -2.18. The van der Waals surface area contributed by atoms with E-state index in [1.54, 1.807) is 0 Å². The van der Waals surface area contributed by atoms with Gasteiger partial charge in [-0.15, -0.1) is 0 Å². The van der Waals surface area contributed by atoms with Crippen molar-refractivity contribution in [3.63, 3.8) is 0 Å². The first-order chi connectivity index (χ1) is 8.41. The lowest BCUT2D eigenvalue weighted by atomic mass is 10.0. The van der Waals surface area contributed by atoms with Crippen LogP contribution < -0.4 is 11.1 Å². The van der Waals surface area contributed by atoms with Crippen LogP contribution in [0.2, 0.25) is 0 Å². The highest BCUT2D eigenvalue weighted by Crippen LogP contribution is 2.17. The minimum absolute atomic E-state index is 0.0313. The zero-order valence-electron chi connectivity index (χ0n) is 11.6. The van der Waals surface area contributed by atoms with E-state index in [9.17, 15) is 4.79 Å². The van der Waals surface area contributed by atoms with Gasteiger partial charge < -0.3 is 16.0 Å². The van der Waals surface area contributed by atoms with Crippen LogP contribution in [0, 0.1) is 5.92 Å². The number of nitrogens with one attached hydrogen (secondary N) is 1. The highest BCUT2D eigenvalue weighted by molar-refractivity contribution is 5.93. The Morgan fingerprint density at radius 3 is 2.50 bits per heavy atom. The monoisotopic (exact) mass is 249 g/mol. The predicted octanol–water partition coefficient (Wildman–Crippen LogP) is 1.67. The van der Waals surface area contributed by atoms with Crippen molar-refractivity contribution in [2.24, 2.45) is 11.7 Å². The van der Waals surface area contributed by atoms with E-state index in [2.05, 4.69) is 10.2 Å². The van der Waals surface area contributed by atoms with Gasteiger partial charge in [-0.3, -0.25) is 4.79 Å². The third kappa shape index (κ3) is 4.13. The maximum Gasteiger partial charge on any atom is 0.228 e. The fourth-order valence-electron chi connectivity index (χ4n) is 1.61. The summed E-state index contributed by atoms with van der Waals surface area (Å²) in [6, 6.07) is 7.69. The molecule has 0 radical (unpaired) electrons. The summed E-state index contributed by atoms with van der Waals surface area (Å²) in [5.74, 6) is -0.228. The number of amides is 1. The van der Waals surface area contributed by atoms with Gasteiger partial charge in [0.05, 0.1) is 5.92 Å². The van der Waals surface area contributed by atoms with Crippen LogP contribution in [0.4, 0.5) is 5.69 Å². The molecule has 0 saturated heterocycles. The number of hydrogen-bond donors (Lipinski definition) is 2. The number of carbonyl (C=O) groups excluding carboxylic acids is 1. The second kappa shape index (κ2) is 6.52. The van der Waals surface area contributed by atoms with Crippen LogP contribution in [0.3, 0.4) is 0 Å². The summed E-state index contributed by atoms with van der Waals surface area (Å²) in [7, 11) is 4.01. The van der Waals surface area contributed by atoms with Gasteiger partial charge in [-0.05, 0) is 32.6 Å². The Morgan fingerprint density at radius 1 is 1.33 bits per heavy atom. The molecule has 2 unspecified atom stereocenters. The predicted molar refractivity (Wildman–Crippen MR) is 75.3 cm³/mol. The smallest absolute Gasteiger partial charge is 0.228 e. The van der Waals surface area contributed by atoms with E-state index in [0.29, 0.717) is 0 Å². The number of rotatable bonds is 5. The van der Waals surface area contributed by atoms with Gasteiger partial charge >= 0.3 is 0 Å². The lowest BCUT2D eigenvalue weighted by Crippen LogP contribution is -2.34. The van der Waals surface area contributed by atoms with Gasteiger partial charge in [0.1, 0.15) is 0 Å². The standard InChI is InChI=1S/C14H23N3O/c1-10(11(2)15)14(18)16-13-8-6-5-7-12(13)9-17(3)4/h5-8,10-11H,9,15H2,1-4H3,(H,16,18). The molecule has 100 valence electrons. The molecular formula is C14H23N3O. The molecule has 0 aromatic heterocycles. The Bertz CT molecular complexity index is 402. The van der Waals surface area contributed by atoms with Crippen molar-refractivity contribution in [1.29, 1.82) is 0 Å². The Kier molecular flexibility index (Phi) is 5.31. The number of carbonyl (C=O) groups is 1.